The number of anilines is 1. The molecule has 1 aromatic carbocycles. The first-order valence-corrected chi connectivity index (χ1v) is 10.9. The fraction of sp³-hybridized carbons (Fsp3) is 0.636. The Morgan fingerprint density at radius 3 is 2.61 bits per heavy atom. The first kappa shape index (κ1) is 21.9. The number of piperidine rings is 1. The summed E-state index contributed by atoms with van der Waals surface area (Å²) in [7, 11) is 5.33. The molecule has 31 heavy (non-hydrogen) atoms. The predicted molar refractivity (Wildman–Crippen MR) is 117 cm³/mol. The van der Waals surface area contributed by atoms with E-state index in [0.717, 1.165) is 32.5 Å². The molecule has 0 saturated carbocycles. The van der Waals surface area contributed by atoms with Crippen LogP contribution in [0.3, 0.4) is 0 Å². The van der Waals surface area contributed by atoms with Crippen molar-refractivity contribution in [1.29, 1.82) is 0 Å². The lowest BCUT2D eigenvalue weighted by Gasteiger charge is -2.50. The summed E-state index contributed by atoms with van der Waals surface area (Å²) in [4.78, 5) is 34.7. The van der Waals surface area contributed by atoms with Crippen LogP contribution in [0.5, 0.6) is 5.75 Å². The number of hydrogen-bond donors (Lipinski definition) is 1. The molecule has 9 nitrogen and oxygen atoms in total. The molecule has 0 bridgehead atoms. The lowest BCUT2D eigenvalue weighted by Crippen LogP contribution is -2.64. The van der Waals surface area contributed by atoms with Gasteiger partial charge >= 0.3 is 6.03 Å². The average molecular weight is 432 g/mol. The van der Waals surface area contributed by atoms with Gasteiger partial charge in [-0.05, 0) is 19.2 Å². The highest BCUT2D eigenvalue weighted by Crippen LogP contribution is 2.41. The van der Waals surface area contributed by atoms with E-state index in [1.54, 1.807) is 14.2 Å². The lowest BCUT2D eigenvalue weighted by molar-refractivity contribution is -0.134. The zero-order valence-corrected chi connectivity index (χ0v) is 18.7. The molecule has 170 valence electrons. The molecule has 3 aliphatic heterocycles. The number of carbonyl (C=O) groups excluding carboxylic acids is 2. The van der Waals surface area contributed by atoms with Crippen LogP contribution in [0.2, 0.25) is 0 Å². The first-order valence-electron chi connectivity index (χ1n) is 10.9. The summed E-state index contributed by atoms with van der Waals surface area (Å²) in [6, 6.07) is 7.16. The Balaban J connectivity index is 1.48. The SMILES string of the molecule is COCCN1C(=O)[C@H]2CN(C)CCN2C12CCN(C(=O)Nc1ccccc1OC)CC2. The minimum Gasteiger partial charge on any atom is -0.495 e. The van der Waals surface area contributed by atoms with Crippen molar-refractivity contribution in [2.45, 2.75) is 24.5 Å². The van der Waals surface area contributed by atoms with Gasteiger partial charge in [0, 0.05) is 59.2 Å². The molecule has 1 N–H and O–H groups in total. The van der Waals surface area contributed by atoms with E-state index in [2.05, 4.69) is 22.2 Å². The molecule has 0 unspecified atom stereocenters. The third kappa shape index (κ3) is 3.97. The van der Waals surface area contributed by atoms with Crippen molar-refractivity contribution in [1.82, 2.24) is 19.6 Å². The van der Waals surface area contributed by atoms with Crippen LogP contribution in [0, 0.1) is 0 Å². The van der Waals surface area contributed by atoms with Gasteiger partial charge in [-0.3, -0.25) is 9.69 Å². The molecule has 3 saturated heterocycles. The monoisotopic (exact) mass is 431 g/mol. The Labute approximate surface area is 183 Å². The Morgan fingerprint density at radius 1 is 1.16 bits per heavy atom. The van der Waals surface area contributed by atoms with Crippen LogP contribution in [-0.4, -0.2) is 110 Å². The van der Waals surface area contributed by atoms with Gasteiger partial charge in [0.2, 0.25) is 5.91 Å². The Hall–Kier alpha value is -2.36. The first-order chi connectivity index (χ1) is 15.0. The number of piperazine rings is 1. The van der Waals surface area contributed by atoms with Crippen molar-refractivity contribution in [3.05, 3.63) is 24.3 Å². The third-order valence-corrected chi connectivity index (χ3v) is 6.89. The number of amides is 3. The van der Waals surface area contributed by atoms with Gasteiger partial charge in [-0.25, -0.2) is 4.79 Å². The Bertz CT molecular complexity index is 811. The molecule has 1 aromatic rings. The number of para-hydroxylation sites is 2. The number of likely N-dealkylation sites (tertiary alicyclic amines) is 1. The average Bonchev–Trinajstić information content (AvgIpc) is 3.00. The summed E-state index contributed by atoms with van der Waals surface area (Å²) in [5.74, 6) is 0.826. The van der Waals surface area contributed by atoms with Crippen LogP contribution in [-0.2, 0) is 9.53 Å². The number of methoxy groups -OCH3 is 2. The van der Waals surface area contributed by atoms with Gasteiger partial charge in [-0.2, -0.15) is 0 Å². The lowest BCUT2D eigenvalue weighted by atomic mass is 9.93. The standard InChI is InChI=1S/C22H33N5O4/c1-24-12-13-26-18(16-24)20(28)27(14-15-30-2)22(26)8-10-25(11-9-22)21(29)23-17-6-4-5-7-19(17)31-3/h4-7,18H,8-16H2,1-3H3,(H,23,29)/t18-/m1/s1. The highest BCUT2D eigenvalue weighted by molar-refractivity contribution is 5.91. The van der Waals surface area contributed by atoms with Crippen LogP contribution in [0.4, 0.5) is 10.5 Å². The van der Waals surface area contributed by atoms with Gasteiger partial charge in [0.1, 0.15) is 17.5 Å². The van der Waals surface area contributed by atoms with E-state index in [4.69, 9.17) is 9.47 Å². The molecule has 3 aliphatic rings. The largest absolute Gasteiger partial charge is 0.495 e. The van der Waals surface area contributed by atoms with Crippen molar-refractivity contribution < 1.29 is 19.1 Å². The molecule has 1 spiro atoms. The number of likely N-dealkylation sites (N-methyl/N-ethyl adjacent to an activating group) is 1. The summed E-state index contributed by atoms with van der Waals surface area (Å²) < 4.78 is 10.6. The minimum absolute atomic E-state index is 0.107. The highest BCUT2D eigenvalue weighted by Gasteiger charge is 2.58. The van der Waals surface area contributed by atoms with E-state index in [-0.39, 0.29) is 23.6 Å². The molecule has 0 aliphatic carbocycles. The summed E-state index contributed by atoms with van der Waals surface area (Å²) in [5, 5.41) is 2.97. The molecule has 4 rings (SSSR count). The molecule has 3 heterocycles. The summed E-state index contributed by atoms with van der Waals surface area (Å²) in [6.45, 7) is 4.85. The zero-order valence-electron chi connectivity index (χ0n) is 18.7. The molecule has 1 atom stereocenters. The second-order valence-electron chi connectivity index (χ2n) is 8.55. The van der Waals surface area contributed by atoms with Crippen molar-refractivity contribution >= 4 is 17.6 Å². The summed E-state index contributed by atoms with van der Waals surface area (Å²) in [5.41, 5.74) is 0.329. The predicted octanol–water partition coefficient (Wildman–Crippen LogP) is 1.12. The maximum Gasteiger partial charge on any atom is 0.321 e. The van der Waals surface area contributed by atoms with Crippen molar-refractivity contribution in [3.63, 3.8) is 0 Å². The van der Waals surface area contributed by atoms with E-state index < -0.39 is 0 Å². The third-order valence-electron chi connectivity index (χ3n) is 6.89. The van der Waals surface area contributed by atoms with E-state index in [0.29, 0.717) is 37.7 Å². The molecular weight excluding hydrogens is 398 g/mol. The fourth-order valence-corrected chi connectivity index (χ4v) is 5.24. The Kier molecular flexibility index (Phi) is 6.36. The number of ether oxygens (including phenoxy) is 2. The van der Waals surface area contributed by atoms with Gasteiger partial charge < -0.3 is 29.5 Å². The molecule has 3 amide bonds. The van der Waals surface area contributed by atoms with Crippen LogP contribution in [0.1, 0.15) is 12.8 Å². The number of carbonyl (C=O) groups is 2. The quantitative estimate of drug-likeness (QED) is 0.753. The minimum atomic E-state index is -0.331. The molecular formula is C22H33N5O4. The van der Waals surface area contributed by atoms with E-state index in [1.165, 1.54) is 0 Å². The van der Waals surface area contributed by atoms with Gasteiger partial charge in [0.25, 0.3) is 0 Å². The second kappa shape index (κ2) is 9.02. The van der Waals surface area contributed by atoms with E-state index >= 15 is 0 Å². The van der Waals surface area contributed by atoms with Gasteiger partial charge in [-0.1, -0.05) is 12.1 Å². The van der Waals surface area contributed by atoms with Gasteiger partial charge in [0.05, 0.1) is 19.4 Å². The van der Waals surface area contributed by atoms with Crippen molar-refractivity contribution in [2.75, 3.05) is 72.5 Å². The number of rotatable bonds is 5. The summed E-state index contributed by atoms with van der Waals surface area (Å²) in [6.07, 6.45) is 1.48. The second-order valence-corrected chi connectivity index (χ2v) is 8.55. The van der Waals surface area contributed by atoms with E-state index in [1.807, 2.05) is 34.1 Å². The van der Waals surface area contributed by atoms with Gasteiger partial charge in [0.15, 0.2) is 0 Å². The van der Waals surface area contributed by atoms with Gasteiger partial charge in [-0.15, -0.1) is 0 Å². The normalized spacial score (nSPS) is 23.8. The molecule has 9 heteroatoms. The molecule has 0 aromatic heterocycles. The number of fused-ring (bicyclic) bond motifs is 2. The number of benzene rings is 1. The van der Waals surface area contributed by atoms with Crippen LogP contribution < -0.4 is 10.1 Å². The Morgan fingerprint density at radius 2 is 1.90 bits per heavy atom. The van der Waals surface area contributed by atoms with Crippen molar-refractivity contribution in [3.8, 4) is 5.75 Å². The molecule has 0 radical (unpaired) electrons. The highest BCUT2D eigenvalue weighted by atomic mass is 16.5. The maximum absolute atomic E-state index is 13.3. The molecule has 3 fully saturated rings. The maximum atomic E-state index is 13.3. The topological polar surface area (TPSA) is 77.6 Å². The zero-order chi connectivity index (χ0) is 22.0. The summed E-state index contributed by atoms with van der Waals surface area (Å²) >= 11 is 0. The smallest absolute Gasteiger partial charge is 0.321 e. The van der Waals surface area contributed by atoms with Crippen molar-refractivity contribution in [2.24, 2.45) is 0 Å². The number of urea groups is 1. The number of nitrogens with zero attached hydrogens (tertiary/aromatic N) is 4. The van der Waals surface area contributed by atoms with Crippen LogP contribution in [0.15, 0.2) is 24.3 Å². The van der Waals surface area contributed by atoms with E-state index in [9.17, 15) is 9.59 Å². The van der Waals surface area contributed by atoms with Crippen LogP contribution >= 0.6 is 0 Å². The number of nitrogens with one attached hydrogen (secondary N) is 1. The number of hydrogen-bond acceptors (Lipinski definition) is 6. The fourth-order valence-electron chi connectivity index (χ4n) is 5.24. The van der Waals surface area contributed by atoms with Crippen LogP contribution in [0.25, 0.3) is 0 Å².